The summed E-state index contributed by atoms with van der Waals surface area (Å²) < 4.78 is 21.3. The smallest absolute Gasteiger partial charge is 0.251 e. The van der Waals surface area contributed by atoms with Gasteiger partial charge in [0.1, 0.15) is 17.4 Å². The molecule has 5 nitrogen and oxygen atoms in total. The molecule has 0 aliphatic heterocycles. The number of hydrogen-bond donors (Lipinski definition) is 1. The van der Waals surface area contributed by atoms with E-state index in [1.165, 1.54) is 29.8 Å². The van der Waals surface area contributed by atoms with Gasteiger partial charge in [0.15, 0.2) is 0 Å². The minimum Gasteiger partial charge on any atom is -0.493 e. The second kappa shape index (κ2) is 10.3. The maximum Gasteiger partial charge on any atom is 0.251 e. The monoisotopic (exact) mass is 445 g/mol. The SMILES string of the molecule is Cc1ccc(C)c(OCCCn2c(CCNC(=O)c3ccc(F)cc3)nc3ccccc32)c1. The summed E-state index contributed by atoms with van der Waals surface area (Å²) in [7, 11) is 0. The number of nitrogens with one attached hydrogen (secondary N) is 1. The van der Waals surface area contributed by atoms with Crippen molar-refractivity contribution in [3.05, 3.63) is 95.1 Å². The summed E-state index contributed by atoms with van der Waals surface area (Å²) in [5.41, 5.74) is 4.76. The van der Waals surface area contributed by atoms with Crippen molar-refractivity contribution >= 4 is 16.9 Å². The molecule has 0 saturated carbocycles. The Labute approximate surface area is 193 Å². The number of halogens is 1. The van der Waals surface area contributed by atoms with E-state index < -0.39 is 0 Å². The average molecular weight is 446 g/mol. The molecule has 0 fully saturated rings. The number of carbonyl (C=O) groups excluding carboxylic acids is 1. The van der Waals surface area contributed by atoms with Crippen LogP contribution in [0.3, 0.4) is 0 Å². The quantitative estimate of drug-likeness (QED) is 0.359. The Kier molecular flexibility index (Phi) is 7.03. The highest BCUT2D eigenvalue weighted by Gasteiger charge is 2.12. The molecule has 170 valence electrons. The highest BCUT2D eigenvalue weighted by molar-refractivity contribution is 5.94. The molecule has 0 unspecified atom stereocenters. The van der Waals surface area contributed by atoms with Crippen molar-refractivity contribution in [1.82, 2.24) is 14.9 Å². The lowest BCUT2D eigenvalue weighted by atomic mass is 10.1. The van der Waals surface area contributed by atoms with Crippen molar-refractivity contribution in [1.29, 1.82) is 0 Å². The summed E-state index contributed by atoms with van der Waals surface area (Å²) >= 11 is 0. The Balaban J connectivity index is 1.38. The van der Waals surface area contributed by atoms with E-state index in [4.69, 9.17) is 9.72 Å². The fourth-order valence-corrected chi connectivity index (χ4v) is 3.82. The number of amides is 1. The highest BCUT2D eigenvalue weighted by atomic mass is 19.1. The van der Waals surface area contributed by atoms with Crippen molar-refractivity contribution in [2.24, 2.45) is 0 Å². The average Bonchev–Trinajstić information content (AvgIpc) is 3.16. The predicted molar refractivity (Wildman–Crippen MR) is 128 cm³/mol. The van der Waals surface area contributed by atoms with Gasteiger partial charge in [0, 0.05) is 25.1 Å². The lowest BCUT2D eigenvalue weighted by Gasteiger charge is -2.12. The number of para-hydroxylation sites is 2. The third-order valence-electron chi connectivity index (χ3n) is 5.60. The first kappa shape index (κ1) is 22.5. The van der Waals surface area contributed by atoms with E-state index in [-0.39, 0.29) is 11.7 Å². The molecule has 4 aromatic rings. The van der Waals surface area contributed by atoms with Gasteiger partial charge in [-0.3, -0.25) is 4.79 Å². The van der Waals surface area contributed by atoms with Crippen LogP contribution in [-0.4, -0.2) is 28.6 Å². The number of carbonyl (C=O) groups is 1. The third-order valence-corrected chi connectivity index (χ3v) is 5.60. The molecular formula is C27H28FN3O2. The molecule has 4 rings (SSSR count). The number of hydrogen-bond acceptors (Lipinski definition) is 3. The first-order valence-electron chi connectivity index (χ1n) is 11.2. The largest absolute Gasteiger partial charge is 0.493 e. The van der Waals surface area contributed by atoms with Crippen LogP contribution in [0.5, 0.6) is 5.75 Å². The number of fused-ring (bicyclic) bond motifs is 1. The number of ether oxygens (including phenoxy) is 1. The van der Waals surface area contributed by atoms with Gasteiger partial charge in [0.25, 0.3) is 5.91 Å². The molecule has 3 aromatic carbocycles. The van der Waals surface area contributed by atoms with Crippen LogP contribution in [0.4, 0.5) is 4.39 Å². The Morgan fingerprint density at radius 3 is 2.67 bits per heavy atom. The number of benzene rings is 3. The molecule has 1 heterocycles. The molecule has 0 radical (unpaired) electrons. The van der Waals surface area contributed by atoms with E-state index >= 15 is 0 Å². The van der Waals surface area contributed by atoms with Gasteiger partial charge >= 0.3 is 0 Å². The number of rotatable bonds is 9. The molecule has 0 saturated heterocycles. The van der Waals surface area contributed by atoms with Gasteiger partial charge in [-0.15, -0.1) is 0 Å². The molecule has 1 amide bonds. The second-order valence-electron chi connectivity index (χ2n) is 8.15. The molecule has 1 N–H and O–H groups in total. The fourth-order valence-electron chi connectivity index (χ4n) is 3.82. The molecule has 33 heavy (non-hydrogen) atoms. The van der Waals surface area contributed by atoms with Gasteiger partial charge in [-0.2, -0.15) is 0 Å². The van der Waals surface area contributed by atoms with Crippen molar-refractivity contribution in [3.63, 3.8) is 0 Å². The minimum atomic E-state index is -0.359. The Morgan fingerprint density at radius 2 is 1.85 bits per heavy atom. The van der Waals surface area contributed by atoms with Crippen LogP contribution < -0.4 is 10.1 Å². The minimum absolute atomic E-state index is 0.223. The lowest BCUT2D eigenvalue weighted by Crippen LogP contribution is -2.26. The number of imidazole rings is 1. The van der Waals surface area contributed by atoms with Crippen LogP contribution in [0.1, 0.15) is 33.7 Å². The van der Waals surface area contributed by atoms with Crippen LogP contribution in [0, 0.1) is 19.7 Å². The van der Waals surface area contributed by atoms with E-state index in [9.17, 15) is 9.18 Å². The van der Waals surface area contributed by atoms with Crippen LogP contribution in [0.25, 0.3) is 11.0 Å². The zero-order valence-corrected chi connectivity index (χ0v) is 19.0. The zero-order chi connectivity index (χ0) is 23.2. The first-order chi connectivity index (χ1) is 16.0. The summed E-state index contributed by atoms with van der Waals surface area (Å²) in [4.78, 5) is 17.1. The fraction of sp³-hybridized carbons (Fsp3) is 0.259. The molecule has 0 aliphatic rings. The molecule has 0 atom stereocenters. The normalized spacial score (nSPS) is 11.0. The summed E-state index contributed by atoms with van der Waals surface area (Å²) in [6.07, 6.45) is 1.43. The standard InChI is InChI=1S/C27H28FN3O2/c1-19-8-9-20(2)25(18-19)33-17-5-16-31-24-7-4-3-6-23(24)30-26(31)14-15-29-27(32)21-10-12-22(28)13-11-21/h3-4,6-13,18H,5,14-17H2,1-2H3,(H,29,32). The number of nitrogens with zero attached hydrogens (tertiary/aromatic N) is 2. The summed E-state index contributed by atoms with van der Waals surface area (Å²) in [6, 6.07) is 19.8. The van der Waals surface area contributed by atoms with E-state index in [0.29, 0.717) is 25.1 Å². The second-order valence-corrected chi connectivity index (χ2v) is 8.15. The topological polar surface area (TPSA) is 56.1 Å². The predicted octanol–water partition coefficient (Wildman–Crippen LogP) is 5.23. The zero-order valence-electron chi connectivity index (χ0n) is 19.0. The van der Waals surface area contributed by atoms with Gasteiger partial charge in [-0.1, -0.05) is 24.3 Å². The van der Waals surface area contributed by atoms with E-state index in [0.717, 1.165) is 41.1 Å². The molecule has 0 spiro atoms. The van der Waals surface area contributed by atoms with Crippen LogP contribution in [0.2, 0.25) is 0 Å². The molecule has 0 bridgehead atoms. The summed E-state index contributed by atoms with van der Waals surface area (Å²) in [5, 5.41) is 2.90. The number of aryl methyl sites for hydroxylation is 3. The summed E-state index contributed by atoms with van der Waals surface area (Å²) in [5.74, 6) is 1.26. The Bertz CT molecular complexity index is 1250. The van der Waals surface area contributed by atoms with E-state index in [1.54, 1.807) is 0 Å². The molecular weight excluding hydrogens is 417 g/mol. The maximum atomic E-state index is 13.1. The van der Waals surface area contributed by atoms with Crippen molar-refractivity contribution in [2.45, 2.75) is 33.2 Å². The molecule has 1 aromatic heterocycles. The van der Waals surface area contributed by atoms with Crippen molar-refractivity contribution < 1.29 is 13.9 Å². The van der Waals surface area contributed by atoms with Gasteiger partial charge in [-0.25, -0.2) is 9.37 Å². The highest BCUT2D eigenvalue weighted by Crippen LogP contribution is 2.20. The van der Waals surface area contributed by atoms with Crippen LogP contribution in [-0.2, 0) is 13.0 Å². The van der Waals surface area contributed by atoms with Gasteiger partial charge in [-0.05, 0) is 73.9 Å². The third kappa shape index (κ3) is 5.58. The van der Waals surface area contributed by atoms with Crippen LogP contribution >= 0.6 is 0 Å². The Hall–Kier alpha value is -3.67. The first-order valence-corrected chi connectivity index (χ1v) is 11.2. The Morgan fingerprint density at radius 1 is 1.06 bits per heavy atom. The maximum absolute atomic E-state index is 13.1. The van der Waals surface area contributed by atoms with Gasteiger partial charge < -0.3 is 14.6 Å². The molecule has 6 heteroatoms. The van der Waals surface area contributed by atoms with Gasteiger partial charge in [0.2, 0.25) is 0 Å². The van der Waals surface area contributed by atoms with Crippen molar-refractivity contribution in [3.8, 4) is 5.75 Å². The van der Waals surface area contributed by atoms with Gasteiger partial charge in [0.05, 0.1) is 17.6 Å². The summed E-state index contributed by atoms with van der Waals surface area (Å²) in [6.45, 7) is 5.93. The lowest BCUT2D eigenvalue weighted by molar-refractivity contribution is 0.0954. The van der Waals surface area contributed by atoms with E-state index in [2.05, 4.69) is 48.0 Å². The number of aromatic nitrogens is 2. The molecule has 0 aliphatic carbocycles. The van der Waals surface area contributed by atoms with E-state index in [1.807, 2.05) is 18.2 Å². The van der Waals surface area contributed by atoms with Crippen LogP contribution in [0.15, 0.2) is 66.7 Å². The van der Waals surface area contributed by atoms with Crippen molar-refractivity contribution in [2.75, 3.05) is 13.2 Å².